The maximum atomic E-state index is 4.31. The van der Waals surface area contributed by atoms with E-state index in [2.05, 4.69) is 34.0 Å². The zero-order valence-corrected chi connectivity index (χ0v) is 8.00. The van der Waals surface area contributed by atoms with Gasteiger partial charge in [0.15, 0.2) is 5.65 Å². The van der Waals surface area contributed by atoms with Crippen LogP contribution in [-0.4, -0.2) is 20.2 Å². The molecule has 0 aliphatic rings. The molecule has 13 heavy (non-hydrogen) atoms. The van der Waals surface area contributed by atoms with Crippen LogP contribution in [0.15, 0.2) is 6.20 Å². The number of aromatic amines is 1. The van der Waals surface area contributed by atoms with E-state index in [0.717, 1.165) is 16.9 Å². The van der Waals surface area contributed by atoms with Gasteiger partial charge in [0.1, 0.15) is 5.52 Å². The van der Waals surface area contributed by atoms with Crippen molar-refractivity contribution in [2.45, 2.75) is 26.7 Å². The number of fused-ring (bicyclic) bond motifs is 1. The van der Waals surface area contributed by atoms with Gasteiger partial charge in [0.2, 0.25) is 0 Å². The van der Waals surface area contributed by atoms with Crippen molar-refractivity contribution in [2.75, 3.05) is 0 Å². The number of nitrogens with one attached hydrogen (secondary N) is 1. The molecule has 4 nitrogen and oxygen atoms in total. The van der Waals surface area contributed by atoms with Crippen LogP contribution in [-0.2, 0) is 0 Å². The second-order valence-corrected chi connectivity index (χ2v) is 3.48. The van der Waals surface area contributed by atoms with Gasteiger partial charge < -0.3 is 0 Å². The van der Waals surface area contributed by atoms with Crippen LogP contribution >= 0.6 is 0 Å². The smallest absolute Gasteiger partial charge is 0.200 e. The van der Waals surface area contributed by atoms with Crippen LogP contribution < -0.4 is 0 Å². The summed E-state index contributed by atoms with van der Waals surface area (Å²) in [4.78, 5) is 8.58. The number of rotatable bonds is 1. The van der Waals surface area contributed by atoms with Gasteiger partial charge in [-0.2, -0.15) is 5.10 Å². The van der Waals surface area contributed by atoms with Crippen LogP contribution in [0.25, 0.3) is 11.2 Å². The topological polar surface area (TPSA) is 54.5 Å². The van der Waals surface area contributed by atoms with Crippen LogP contribution in [0.4, 0.5) is 0 Å². The van der Waals surface area contributed by atoms with Gasteiger partial charge in [0.05, 0.1) is 11.4 Å². The standard InChI is InChI=1S/C9H12N4/c1-5(2)7-8-9(13-12-7)11-6(3)4-10-8/h4-5H,1-3H3,(H,11,12,13). The van der Waals surface area contributed by atoms with E-state index < -0.39 is 0 Å². The number of aryl methyl sites for hydroxylation is 1. The summed E-state index contributed by atoms with van der Waals surface area (Å²) in [5, 5.41) is 7.07. The summed E-state index contributed by atoms with van der Waals surface area (Å²) >= 11 is 0. The predicted molar refractivity (Wildman–Crippen MR) is 50.5 cm³/mol. The van der Waals surface area contributed by atoms with Crippen molar-refractivity contribution in [1.29, 1.82) is 0 Å². The molecule has 2 heterocycles. The number of nitrogens with zero attached hydrogens (tertiary/aromatic N) is 3. The molecule has 0 aliphatic heterocycles. The minimum atomic E-state index is 0.405. The van der Waals surface area contributed by atoms with Crippen LogP contribution in [0.5, 0.6) is 0 Å². The molecule has 0 aromatic carbocycles. The zero-order valence-electron chi connectivity index (χ0n) is 8.00. The van der Waals surface area contributed by atoms with Crippen LogP contribution in [0.3, 0.4) is 0 Å². The first kappa shape index (κ1) is 8.16. The number of H-pyrrole nitrogens is 1. The highest BCUT2D eigenvalue weighted by atomic mass is 15.2. The summed E-state index contributed by atoms with van der Waals surface area (Å²) < 4.78 is 0. The molecule has 4 heteroatoms. The molecule has 0 bridgehead atoms. The molecule has 68 valence electrons. The van der Waals surface area contributed by atoms with Crippen molar-refractivity contribution in [3.8, 4) is 0 Å². The van der Waals surface area contributed by atoms with E-state index in [-0.39, 0.29) is 0 Å². The highest BCUT2D eigenvalue weighted by Gasteiger charge is 2.10. The summed E-state index contributed by atoms with van der Waals surface area (Å²) in [5.41, 5.74) is 3.56. The largest absolute Gasteiger partial charge is 0.278 e. The first-order chi connectivity index (χ1) is 6.18. The molecule has 0 unspecified atom stereocenters. The normalized spacial score (nSPS) is 11.4. The molecule has 2 aromatic rings. The number of hydrogen-bond donors (Lipinski definition) is 1. The molecule has 0 radical (unpaired) electrons. The van der Waals surface area contributed by atoms with Gasteiger partial charge >= 0.3 is 0 Å². The van der Waals surface area contributed by atoms with Gasteiger partial charge in [0.25, 0.3) is 0 Å². The molecule has 0 fully saturated rings. The van der Waals surface area contributed by atoms with Crippen molar-refractivity contribution in [2.24, 2.45) is 0 Å². The molecule has 0 aliphatic carbocycles. The van der Waals surface area contributed by atoms with E-state index in [1.165, 1.54) is 0 Å². The van der Waals surface area contributed by atoms with E-state index in [9.17, 15) is 0 Å². The molecule has 2 aromatic heterocycles. The lowest BCUT2D eigenvalue weighted by atomic mass is 10.1. The minimum Gasteiger partial charge on any atom is -0.278 e. The van der Waals surface area contributed by atoms with Gasteiger partial charge in [-0.15, -0.1) is 0 Å². The lowest BCUT2D eigenvalue weighted by Gasteiger charge is -1.99. The van der Waals surface area contributed by atoms with E-state index in [1.54, 1.807) is 6.20 Å². The summed E-state index contributed by atoms with van der Waals surface area (Å²) in [5.74, 6) is 0.405. The predicted octanol–water partition coefficient (Wildman–Crippen LogP) is 1.78. The SMILES string of the molecule is Cc1cnc2c(C(C)C)[nH]nc2n1. The molecule has 0 spiro atoms. The van der Waals surface area contributed by atoms with Gasteiger partial charge in [-0.3, -0.25) is 5.10 Å². The van der Waals surface area contributed by atoms with E-state index >= 15 is 0 Å². The lowest BCUT2D eigenvalue weighted by Crippen LogP contribution is -1.90. The first-order valence-corrected chi connectivity index (χ1v) is 4.36. The third-order valence-electron chi connectivity index (χ3n) is 1.99. The molecule has 0 amide bonds. The monoisotopic (exact) mass is 176 g/mol. The second kappa shape index (κ2) is 2.80. The van der Waals surface area contributed by atoms with E-state index in [1.807, 2.05) is 6.92 Å². The molecule has 1 N–H and O–H groups in total. The zero-order chi connectivity index (χ0) is 9.42. The molecular formula is C9H12N4. The Morgan fingerprint density at radius 2 is 2.15 bits per heavy atom. The molecule has 0 saturated carbocycles. The first-order valence-electron chi connectivity index (χ1n) is 4.36. The fraction of sp³-hybridized carbons (Fsp3) is 0.444. The Kier molecular flexibility index (Phi) is 1.76. The van der Waals surface area contributed by atoms with Crippen LogP contribution in [0.1, 0.15) is 31.2 Å². The highest BCUT2D eigenvalue weighted by molar-refractivity contribution is 5.72. The lowest BCUT2D eigenvalue weighted by molar-refractivity contribution is 0.815. The fourth-order valence-corrected chi connectivity index (χ4v) is 1.30. The average Bonchev–Trinajstić information content (AvgIpc) is 2.46. The third kappa shape index (κ3) is 1.28. The summed E-state index contributed by atoms with van der Waals surface area (Å²) in [6.07, 6.45) is 1.77. The number of hydrogen-bond acceptors (Lipinski definition) is 3. The van der Waals surface area contributed by atoms with Gasteiger partial charge in [0, 0.05) is 6.20 Å². The van der Waals surface area contributed by atoms with Gasteiger partial charge in [-0.25, -0.2) is 9.97 Å². The quantitative estimate of drug-likeness (QED) is 0.720. The van der Waals surface area contributed by atoms with Crippen molar-refractivity contribution < 1.29 is 0 Å². The Balaban J connectivity index is 2.69. The van der Waals surface area contributed by atoms with Crippen molar-refractivity contribution in [1.82, 2.24) is 20.2 Å². The Bertz CT molecular complexity index is 430. The average molecular weight is 176 g/mol. The molecule has 2 rings (SSSR count). The Morgan fingerprint density at radius 1 is 1.38 bits per heavy atom. The maximum absolute atomic E-state index is 4.31. The van der Waals surface area contributed by atoms with Crippen LogP contribution in [0, 0.1) is 6.92 Å². The molecular weight excluding hydrogens is 164 g/mol. The van der Waals surface area contributed by atoms with E-state index in [0.29, 0.717) is 11.6 Å². The summed E-state index contributed by atoms with van der Waals surface area (Å²) in [6, 6.07) is 0. The van der Waals surface area contributed by atoms with Gasteiger partial charge in [-0.1, -0.05) is 13.8 Å². The van der Waals surface area contributed by atoms with Crippen molar-refractivity contribution >= 4 is 11.2 Å². The van der Waals surface area contributed by atoms with Gasteiger partial charge in [-0.05, 0) is 12.8 Å². The second-order valence-electron chi connectivity index (χ2n) is 3.48. The number of aromatic nitrogens is 4. The van der Waals surface area contributed by atoms with Crippen molar-refractivity contribution in [3.05, 3.63) is 17.6 Å². The minimum absolute atomic E-state index is 0.405. The maximum Gasteiger partial charge on any atom is 0.200 e. The van der Waals surface area contributed by atoms with E-state index in [4.69, 9.17) is 0 Å². The third-order valence-corrected chi connectivity index (χ3v) is 1.99. The summed E-state index contributed by atoms with van der Waals surface area (Å²) in [7, 11) is 0. The summed E-state index contributed by atoms with van der Waals surface area (Å²) in [6.45, 7) is 6.12. The highest BCUT2D eigenvalue weighted by Crippen LogP contribution is 2.18. The Labute approximate surface area is 76.4 Å². The Hall–Kier alpha value is -1.45. The fourth-order valence-electron chi connectivity index (χ4n) is 1.30. The molecule has 0 saturated heterocycles. The van der Waals surface area contributed by atoms with Crippen molar-refractivity contribution in [3.63, 3.8) is 0 Å². The molecule has 0 atom stereocenters. The Morgan fingerprint density at radius 3 is 2.85 bits per heavy atom. The van der Waals surface area contributed by atoms with Crippen LogP contribution in [0.2, 0.25) is 0 Å².